The van der Waals surface area contributed by atoms with E-state index in [4.69, 9.17) is 9.26 Å². The van der Waals surface area contributed by atoms with E-state index < -0.39 is 12.1 Å². The molecule has 0 radical (unpaired) electrons. The van der Waals surface area contributed by atoms with Gasteiger partial charge in [-0.15, -0.1) is 0 Å². The first-order chi connectivity index (χ1) is 13.0. The highest BCUT2D eigenvalue weighted by Crippen LogP contribution is 2.24. The maximum atomic E-state index is 13.1. The van der Waals surface area contributed by atoms with Crippen LogP contribution in [0, 0.1) is 0 Å². The van der Waals surface area contributed by atoms with Crippen molar-refractivity contribution >= 4 is 11.8 Å². The molecule has 1 N–H and O–H groups in total. The molecule has 3 rings (SSSR count). The lowest BCUT2D eigenvalue weighted by Gasteiger charge is -2.34. The van der Waals surface area contributed by atoms with Crippen LogP contribution >= 0.6 is 0 Å². The molecule has 27 heavy (non-hydrogen) atoms. The van der Waals surface area contributed by atoms with Crippen LogP contribution in [-0.4, -0.2) is 51.1 Å². The minimum absolute atomic E-state index is 0.139. The monoisotopic (exact) mass is 373 g/mol. The van der Waals surface area contributed by atoms with Crippen molar-refractivity contribution in [2.24, 2.45) is 0 Å². The molecule has 0 bridgehead atoms. The van der Waals surface area contributed by atoms with E-state index in [9.17, 15) is 9.59 Å². The molecule has 1 saturated heterocycles. The van der Waals surface area contributed by atoms with E-state index in [1.165, 1.54) is 0 Å². The number of hydrogen-bond donors (Lipinski definition) is 1. The van der Waals surface area contributed by atoms with Gasteiger partial charge in [-0.25, -0.2) is 0 Å². The summed E-state index contributed by atoms with van der Waals surface area (Å²) in [4.78, 5) is 34.9. The van der Waals surface area contributed by atoms with Crippen LogP contribution in [0.5, 0.6) is 0 Å². The lowest BCUT2D eigenvalue weighted by molar-refractivity contribution is -0.155. The Hall–Kier alpha value is -2.81. The third kappa shape index (κ3) is 4.30. The second kappa shape index (κ2) is 8.26. The van der Waals surface area contributed by atoms with Crippen LogP contribution in [0.3, 0.4) is 0 Å². The Kier molecular flexibility index (Phi) is 5.80. The number of hydrogen-bond acceptors (Lipinski definition) is 7. The summed E-state index contributed by atoms with van der Waals surface area (Å²) in [5.74, 6) is 0.583. The molecule has 144 valence electrons. The number of rotatable bonds is 6. The Morgan fingerprint density at radius 1 is 1.44 bits per heavy atom. The standard InChI is InChI=1S/C18H23N5O4/c1-4-23(9-14-21-17(11(2)3)22-27-14)18(25)16-15(20-13(24)10-26-16)12-6-5-7-19-8-12/h5-8,11,15-16H,4,9-10H2,1-3H3,(H,20,24)/t15-,16+/m1/s1. The number of likely N-dealkylation sites (N-methyl/N-ethyl adjacent to an activating group) is 1. The predicted octanol–water partition coefficient (Wildman–Crippen LogP) is 1.19. The average Bonchev–Trinajstić information content (AvgIpc) is 3.15. The fourth-order valence-electron chi connectivity index (χ4n) is 2.84. The van der Waals surface area contributed by atoms with Crippen LogP contribution < -0.4 is 5.32 Å². The van der Waals surface area contributed by atoms with Gasteiger partial charge < -0.3 is 19.5 Å². The van der Waals surface area contributed by atoms with Crippen LogP contribution in [0.2, 0.25) is 0 Å². The topological polar surface area (TPSA) is 110 Å². The zero-order valence-corrected chi connectivity index (χ0v) is 15.6. The summed E-state index contributed by atoms with van der Waals surface area (Å²) in [6, 6.07) is 2.95. The first kappa shape index (κ1) is 19.0. The maximum Gasteiger partial charge on any atom is 0.254 e. The van der Waals surface area contributed by atoms with Crippen molar-refractivity contribution in [1.82, 2.24) is 25.3 Å². The summed E-state index contributed by atoms with van der Waals surface area (Å²) >= 11 is 0. The summed E-state index contributed by atoms with van der Waals surface area (Å²) in [7, 11) is 0. The van der Waals surface area contributed by atoms with Crippen molar-refractivity contribution in [3.8, 4) is 0 Å². The molecule has 9 nitrogen and oxygen atoms in total. The van der Waals surface area contributed by atoms with Crippen molar-refractivity contribution in [3.63, 3.8) is 0 Å². The lowest BCUT2D eigenvalue weighted by atomic mass is 10.0. The van der Waals surface area contributed by atoms with Crippen molar-refractivity contribution in [3.05, 3.63) is 41.8 Å². The zero-order valence-electron chi connectivity index (χ0n) is 15.6. The third-order valence-electron chi connectivity index (χ3n) is 4.32. The fourth-order valence-corrected chi connectivity index (χ4v) is 2.84. The molecular weight excluding hydrogens is 350 g/mol. The first-order valence-electron chi connectivity index (χ1n) is 8.91. The lowest BCUT2D eigenvalue weighted by Crippen LogP contribution is -2.53. The third-order valence-corrected chi connectivity index (χ3v) is 4.32. The number of morpholine rings is 1. The molecule has 3 heterocycles. The summed E-state index contributed by atoms with van der Waals surface area (Å²) < 4.78 is 10.8. The van der Waals surface area contributed by atoms with Gasteiger partial charge in [-0.2, -0.15) is 4.98 Å². The molecule has 2 aromatic heterocycles. The number of carbonyl (C=O) groups is 2. The van der Waals surface area contributed by atoms with E-state index in [-0.39, 0.29) is 30.9 Å². The van der Waals surface area contributed by atoms with E-state index >= 15 is 0 Å². The average molecular weight is 373 g/mol. The minimum Gasteiger partial charge on any atom is -0.356 e. The van der Waals surface area contributed by atoms with Crippen LogP contribution in [0.15, 0.2) is 29.0 Å². The van der Waals surface area contributed by atoms with E-state index in [0.717, 1.165) is 0 Å². The van der Waals surface area contributed by atoms with Crippen molar-refractivity contribution in [2.75, 3.05) is 13.2 Å². The fraction of sp³-hybridized carbons (Fsp3) is 0.500. The van der Waals surface area contributed by atoms with Crippen LogP contribution in [-0.2, 0) is 20.9 Å². The van der Waals surface area contributed by atoms with E-state index in [1.807, 2.05) is 20.8 Å². The number of ether oxygens (including phenoxy) is 1. The highest BCUT2D eigenvalue weighted by atomic mass is 16.5. The highest BCUT2D eigenvalue weighted by Gasteiger charge is 2.38. The van der Waals surface area contributed by atoms with E-state index in [1.54, 1.807) is 29.4 Å². The molecule has 0 saturated carbocycles. The molecule has 0 unspecified atom stereocenters. The van der Waals surface area contributed by atoms with Crippen LogP contribution in [0.1, 0.15) is 50.0 Å². The Bertz CT molecular complexity index is 792. The number of aromatic nitrogens is 3. The highest BCUT2D eigenvalue weighted by molar-refractivity contribution is 5.86. The van der Waals surface area contributed by atoms with Gasteiger partial charge in [0.25, 0.3) is 5.91 Å². The molecule has 2 atom stereocenters. The van der Waals surface area contributed by atoms with E-state index in [0.29, 0.717) is 23.8 Å². The molecule has 9 heteroatoms. The molecule has 2 amide bonds. The van der Waals surface area contributed by atoms with Gasteiger partial charge in [-0.3, -0.25) is 14.6 Å². The second-order valence-corrected chi connectivity index (χ2v) is 6.62. The van der Waals surface area contributed by atoms with Gasteiger partial charge in [-0.05, 0) is 18.6 Å². The van der Waals surface area contributed by atoms with Gasteiger partial charge in [0, 0.05) is 24.9 Å². The first-order valence-corrected chi connectivity index (χ1v) is 8.91. The minimum atomic E-state index is -0.848. The number of nitrogens with zero attached hydrogens (tertiary/aromatic N) is 4. The molecule has 0 aliphatic carbocycles. The van der Waals surface area contributed by atoms with Crippen molar-refractivity contribution in [2.45, 2.75) is 45.4 Å². The Morgan fingerprint density at radius 2 is 2.26 bits per heavy atom. The molecule has 0 aromatic carbocycles. The molecule has 1 aliphatic heterocycles. The van der Waals surface area contributed by atoms with Gasteiger partial charge in [0.2, 0.25) is 11.8 Å². The zero-order chi connectivity index (χ0) is 19.4. The summed E-state index contributed by atoms with van der Waals surface area (Å²) in [6.07, 6.45) is 2.40. The van der Waals surface area contributed by atoms with Gasteiger partial charge >= 0.3 is 0 Å². The molecular formula is C18H23N5O4. The summed E-state index contributed by atoms with van der Waals surface area (Å²) in [5, 5.41) is 6.75. The summed E-state index contributed by atoms with van der Waals surface area (Å²) in [5.41, 5.74) is 0.708. The Morgan fingerprint density at radius 3 is 2.89 bits per heavy atom. The second-order valence-electron chi connectivity index (χ2n) is 6.62. The van der Waals surface area contributed by atoms with Crippen LogP contribution in [0.4, 0.5) is 0 Å². The molecule has 2 aromatic rings. The van der Waals surface area contributed by atoms with Gasteiger partial charge in [0.05, 0.1) is 6.04 Å². The maximum absolute atomic E-state index is 13.1. The number of carbonyl (C=O) groups excluding carboxylic acids is 2. The Labute approximate surface area is 157 Å². The SMILES string of the molecule is CCN(Cc1nc(C(C)C)no1)C(=O)[C@H]1OCC(=O)N[C@@H]1c1cccnc1. The smallest absolute Gasteiger partial charge is 0.254 e. The Balaban J connectivity index is 1.78. The van der Waals surface area contributed by atoms with Gasteiger partial charge in [-0.1, -0.05) is 25.1 Å². The molecule has 0 spiro atoms. The molecule has 1 aliphatic rings. The number of pyridine rings is 1. The van der Waals surface area contributed by atoms with Gasteiger partial charge in [0.1, 0.15) is 13.2 Å². The van der Waals surface area contributed by atoms with Gasteiger partial charge in [0.15, 0.2) is 11.9 Å². The predicted molar refractivity (Wildman–Crippen MR) is 94.3 cm³/mol. The van der Waals surface area contributed by atoms with Crippen LogP contribution in [0.25, 0.3) is 0 Å². The number of nitrogens with one attached hydrogen (secondary N) is 1. The summed E-state index contributed by atoms with van der Waals surface area (Å²) in [6.45, 7) is 6.25. The molecule has 1 fully saturated rings. The van der Waals surface area contributed by atoms with Crippen molar-refractivity contribution in [1.29, 1.82) is 0 Å². The largest absolute Gasteiger partial charge is 0.356 e. The number of amides is 2. The normalized spacial score (nSPS) is 19.8. The van der Waals surface area contributed by atoms with E-state index in [2.05, 4.69) is 20.4 Å². The quantitative estimate of drug-likeness (QED) is 0.810. The van der Waals surface area contributed by atoms with Crippen molar-refractivity contribution < 1.29 is 18.8 Å².